The third kappa shape index (κ3) is 3.34. The molecule has 2 rings (SSSR count). The minimum Gasteiger partial charge on any atom is -0.508 e. The number of carbonyl (C=O) groups excluding carboxylic acids is 1. The fourth-order valence-electron chi connectivity index (χ4n) is 2.29. The van der Waals surface area contributed by atoms with E-state index >= 15 is 0 Å². The standard InChI is InChI=1S/C16H20N2O3S/c1-4-10-8-11(6-7-12(10)19)14-13(15(20)21-5-2)9(3)18-16(17)22-14/h6-8,16,19H,4-5,17H2,1-3H3. The number of aliphatic imine (C=N–C) groups is 1. The molecule has 1 atom stereocenters. The van der Waals surface area contributed by atoms with Crippen molar-refractivity contribution in [1.29, 1.82) is 0 Å². The van der Waals surface area contributed by atoms with E-state index in [1.807, 2.05) is 13.0 Å². The Balaban J connectivity index is 2.57. The third-order valence-corrected chi connectivity index (χ3v) is 4.37. The van der Waals surface area contributed by atoms with Gasteiger partial charge in [-0.05, 0) is 43.5 Å². The molecule has 0 fully saturated rings. The molecular formula is C16H20N2O3S. The van der Waals surface area contributed by atoms with Gasteiger partial charge in [0.25, 0.3) is 0 Å². The normalized spacial score (nSPS) is 18.2. The van der Waals surface area contributed by atoms with Gasteiger partial charge in [0.2, 0.25) is 0 Å². The van der Waals surface area contributed by atoms with Gasteiger partial charge in [0.05, 0.1) is 17.9 Å². The molecule has 1 heterocycles. The number of hydrogen-bond donors (Lipinski definition) is 2. The van der Waals surface area contributed by atoms with Crippen LogP contribution in [0.25, 0.3) is 4.91 Å². The highest BCUT2D eigenvalue weighted by molar-refractivity contribution is 8.09. The van der Waals surface area contributed by atoms with Gasteiger partial charge in [-0.1, -0.05) is 24.8 Å². The topological polar surface area (TPSA) is 84.9 Å². The van der Waals surface area contributed by atoms with Gasteiger partial charge in [-0.25, -0.2) is 4.79 Å². The monoisotopic (exact) mass is 320 g/mol. The van der Waals surface area contributed by atoms with E-state index < -0.39 is 11.5 Å². The Kier molecular flexibility index (Phi) is 5.26. The maximum absolute atomic E-state index is 12.3. The van der Waals surface area contributed by atoms with Crippen LogP contribution in [0.15, 0.2) is 28.8 Å². The van der Waals surface area contributed by atoms with Gasteiger partial charge in [-0.3, -0.25) is 4.99 Å². The summed E-state index contributed by atoms with van der Waals surface area (Å²) in [6.07, 6.45) is 0.700. The molecule has 118 valence electrons. The molecular weight excluding hydrogens is 300 g/mol. The van der Waals surface area contributed by atoms with Crippen LogP contribution in [0, 0.1) is 0 Å². The lowest BCUT2D eigenvalue weighted by atomic mass is 10.0. The van der Waals surface area contributed by atoms with Crippen LogP contribution in [0.5, 0.6) is 5.75 Å². The zero-order chi connectivity index (χ0) is 16.3. The summed E-state index contributed by atoms with van der Waals surface area (Å²) in [7, 11) is 0. The number of carbonyl (C=O) groups is 1. The third-order valence-electron chi connectivity index (χ3n) is 3.35. The smallest absolute Gasteiger partial charge is 0.341 e. The molecule has 0 amide bonds. The Morgan fingerprint density at radius 2 is 2.18 bits per heavy atom. The van der Waals surface area contributed by atoms with Crippen molar-refractivity contribution < 1.29 is 14.6 Å². The number of hydrogen-bond acceptors (Lipinski definition) is 6. The van der Waals surface area contributed by atoms with Crippen LogP contribution in [-0.4, -0.2) is 28.9 Å². The van der Waals surface area contributed by atoms with Crippen LogP contribution < -0.4 is 5.73 Å². The van der Waals surface area contributed by atoms with Gasteiger partial charge in [0.1, 0.15) is 11.2 Å². The predicted octanol–water partition coefficient (Wildman–Crippen LogP) is 2.68. The highest BCUT2D eigenvalue weighted by atomic mass is 32.2. The van der Waals surface area contributed by atoms with Crippen molar-refractivity contribution in [1.82, 2.24) is 0 Å². The van der Waals surface area contributed by atoms with Crippen molar-refractivity contribution in [3.8, 4) is 5.75 Å². The maximum Gasteiger partial charge on any atom is 0.341 e. The number of benzene rings is 1. The molecule has 1 aliphatic heterocycles. The first kappa shape index (κ1) is 16.6. The van der Waals surface area contributed by atoms with Crippen LogP contribution in [0.1, 0.15) is 31.9 Å². The highest BCUT2D eigenvalue weighted by Crippen LogP contribution is 2.38. The fourth-order valence-corrected chi connectivity index (χ4v) is 3.36. The first-order chi connectivity index (χ1) is 10.5. The fraction of sp³-hybridized carbons (Fsp3) is 0.375. The molecule has 22 heavy (non-hydrogen) atoms. The lowest BCUT2D eigenvalue weighted by Gasteiger charge is -2.22. The Bertz CT molecular complexity index is 653. The predicted molar refractivity (Wildman–Crippen MR) is 89.7 cm³/mol. The lowest BCUT2D eigenvalue weighted by Crippen LogP contribution is -2.24. The number of phenolic OH excluding ortho intramolecular Hbond substituents is 1. The molecule has 0 saturated carbocycles. The molecule has 1 aromatic carbocycles. The number of nitrogens with zero attached hydrogens (tertiary/aromatic N) is 1. The van der Waals surface area contributed by atoms with E-state index in [-0.39, 0.29) is 5.75 Å². The van der Waals surface area contributed by atoms with Crippen LogP contribution in [0.4, 0.5) is 0 Å². The largest absolute Gasteiger partial charge is 0.508 e. The van der Waals surface area contributed by atoms with Gasteiger partial charge in [0.15, 0.2) is 0 Å². The van der Waals surface area contributed by atoms with Crippen molar-refractivity contribution in [2.24, 2.45) is 10.7 Å². The summed E-state index contributed by atoms with van der Waals surface area (Å²) >= 11 is 1.32. The van der Waals surface area contributed by atoms with Crippen LogP contribution in [0.2, 0.25) is 0 Å². The van der Waals surface area contributed by atoms with E-state index in [1.54, 1.807) is 26.0 Å². The molecule has 0 aromatic heterocycles. The Labute approximate surface area is 134 Å². The first-order valence-corrected chi connectivity index (χ1v) is 8.06. The number of aromatic hydroxyl groups is 1. The summed E-state index contributed by atoms with van der Waals surface area (Å²) in [6.45, 7) is 5.79. The van der Waals surface area contributed by atoms with Gasteiger partial charge in [-0.15, -0.1) is 0 Å². The second-order valence-electron chi connectivity index (χ2n) is 4.84. The lowest BCUT2D eigenvalue weighted by molar-refractivity contribution is -0.137. The summed E-state index contributed by atoms with van der Waals surface area (Å²) in [5.74, 6) is -0.149. The van der Waals surface area contributed by atoms with E-state index in [4.69, 9.17) is 10.5 Å². The van der Waals surface area contributed by atoms with Crippen LogP contribution in [0.3, 0.4) is 0 Å². The van der Waals surface area contributed by atoms with Gasteiger partial charge in [-0.2, -0.15) is 0 Å². The summed E-state index contributed by atoms with van der Waals surface area (Å²) in [5, 5.41) is 9.83. The van der Waals surface area contributed by atoms with Gasteiger partial charge < -0.3 is 15.6 Å². The van der Waals surface area contributed by atoms with E-state index in [1.165, 1.54) is 11.8 Å². The second-order valence-corrected chi connectivity index (χ2v) is 5.97. The Hall–Kier alpha value is -1.79. The summed E-state index contributed by atoms with van der Waals surface area (Å²) in [6, 6.07) is 5.29. The molecule has 1 unspecified atom stereocenters. The molecule has 0 bridgehead atoms. The molecule has 6 heteroatoms. The highest BCUT2D eigenvalue weighted by Gasteiger charge is 2.27. The molecule has 0 aliphatic carbocycles. The number of esters is 1. The quantitative estimate of drug-likeness (QED) is 0.833. The average Bonchev–Trinajstić information content (AvgIpc) is 2.47. The molecule has 5 nitrogen and oxygen atoms in total. The zero-order valence-electron chi connectivity index (χ0n) is 12.9. The summed E-state index contributed by atoms with van der Waals surface area (Å²) < 4.78 is 5.14. The van der Waals surface area contributed by atoms with E-state index in [0.717, 1.165) is 16.0 Å². The molecule has 0 saturated heterocycles. The number of thioether (sulfide) groups is 1. The SMILES string of the molecule is CCOC(=O)C1=C(c2ccc(O)c(CC)c2)SC(N)N=C1C. The number of nitrogens with two attached hydrogens (primary N) is 1. The Morgan fingerprint density at radius 1 is 1.45 bits per heavy atom. The van der Waals surface area contributed by atoms with Crippen molar-refractivity contribution in [3.63, 3.8) is 0 Å². The minimum atomic E-state index is -0.452. The number of aryl methyl sites for hydroxylation is 1. The molecule has 1 aliphatic rings. The zero-order valence-corrected chi connectivity index (χ0v) is 13.7. The Morgan fingerprint density at radius 3 is 2.82 bits per heavy atom. The van der Waals surface area contributed by atoms with Gasteiger partial charge >= 0.3 is 5.97 Å². The number of rotatable bonds is 4. The number of ether oxygens (including phenoxy) is 1. The van der Waals surface area contributed by atoms with Crippen molar-refractivity contribution in [2.45, 2.75) is 32.7 Å². The molecule has 1 aromatic rings. The average molecular weight is 320 g/mol. The van der Waals surface area contributed by atoms with Crippen LogP contribution in [-0.2, 0) is 16.0 Å². The molecule has 0 spiro atoms. The summed E-state index contributed by atoms with van der Waals surface area (Å²) in [4.78, 5) is 17.3. The molecule has 0 radical (unpaired) electrons. The van der Waals surface area contributed by atoms with E-state index in [2.05, 4.69) is 4.99 Å². The first-order valence-electron chi connectivity index (χ1n) is 7.18. The molecule has 3 N–H and O–H groups in total. The van der Waals surface area contributed by atoms with Crippen molar-refractivity contribution in [2.75, 3.05) is 6.61 Å². The van der Waals surface area contributed by atoms with Crippen molar-refractivity contribution >= 4 is 28.3 Å². The van der Waals surface area contributed by atoms with Crippen LogP contribution >= 0.6 is 11.8 Å². The number of phenols is 1. The van der Waals surface area contributed by atoms with E-state index in [9.17, 15) is 9.90 Å². The summed E-state index contributed by atoms with van der Waals surface area (Å²) in [5.41, 5.74) is 8.16. The maximum atomic E-state index is 12.3. The van der Waals surface area contributed by atoms with Gasteiger partial charge in [0, 0.05) is 4.91 Å². The van der Waals surface area contributed by atoms with E-state index in [0.29, 0.717) is 24.3 Å². The second kappa shape index (κ2) is 6.98. The minimum absolute atomic E-state index is 0.250. The van der Waals surface area contributed by atoms with Crippen molar-refractivity contribution in [3.05, 3.63) is 34.9 Å².